The fourth-order valence-corrected chi connectivity index (χ4v) is 5.45. The zero-order valence-electron chi connectivity index (χ0n) is 24.4. The molecule has 0 saturated carbocycles. The third-order valence-electron chi connectivity index (χ3n) is 7.36. The zero-order chi connectivity index (χ0) is 32.1. The molecule has 0 aliphatic carbocycles. The maximum Gasteiger partial charge on any atom is 0.416 e. The number of fused-ring (bicyclic) bond motifs is 1. The van der Waals surface area contributed by atoms with Gasteiger partial charge in [-0.2, -0.15) is 35.5 Å². The average Bonchev–Trinajstić information content (AvgIpc) is 3.00. The lowest BCUT2D eigenvalue weighted by molar-refractivity contribution is -0.137. The van der Waals surface area contributed by atoms with Crippen molar-refractivity contribution >= 4 is 23.5 Å². The van der Waals surface area contributed by atoms with Crippen molar-refractivity contribution in [3.63, 3.8) is 0 Å². The van der Waals surface area contributed by atoms with Crippen LogP contribution in [0.4, 0.5) is 23.7 Å². The highest BCUT2D eigenvalue weighted by Crippen LogP contribution is 2.47. The number of alkyl halides is 3. The molecular weight excluding hydrogens is 593 g/mol. The summed E-state index contributed by atoms with van der Waals surface area (Å²) < 4.78 is 52.9. The van der Waals surface area contributed by atoms with E-state index in [0.29, 0.717) is 40.5 Å². The van der Waals surface area contributed by atoms with E-state index in [0.717, 1.165) is 12.1 Å². The van der Waals surface area contributed by atoms with Gasteiger partial charge in [0, 0.05) is 18.1 Å². The van der Waals surface area contributed by atoms with E-state index in [1.807, 2.05) is 18.4 Å². The van der Waals surface area contributed by atoms with E-state index in [1.165, 1.54) is 23.2 Å². The van der Waals surface area contributed by atoms with Gasteiger partial charge in [-0.05, 0) is 73.5 Å². The summed E-state index contributed by atoms with van der Waals surface area (Å²) in [5.74, 6) is 0.436. The van der Waals surface area contributed by atoms with Crippen molar-refractivity contribution in [1.82, 2.24) is 9.97 Å². The highest BCUT2D eigenvalue weighted by atomic mass is 32.2. The van der Waals surface area contributed by atoms with Gasteiger partial charge < -0.3 is 15.2 Å². The molecule has 9 nitrogen and oxygen atoms in total. The second-order valence-electron chi connectivity index (χ2n) is 10.2. The van der Waals surface area contributed by atoms with Crippen molar-refractivity contribution in [2.75, 3.05) is 30.1 Å². The van der Waals surface area contributed by atoms with Gasteiger partial charge in [0.1, 0.15) is 11.5 Å². The Bertz CT molecular complexity index is 1590. The number of nitriles is 2. The van der Waals surface area contributed by atoms with Gasteiger partial charge in [0.25, 0.3) is 0 Å². The van der Waals surface area contributed by atoms with E-state index in [2.05, 4.69) is 4.98 Å². The fourth-order valence-electron chi connectivity index (χ4n) is 5.20. The van der Waals surface area contributed by atoms with Gasteiger partial charge in [-0.25, -0.2) is 14.8 Å². The SMILES string of the molecule is CCOC(=O)N1c2ccc(C(F)(F)F)cc2[C@@H](c2ncc(OCCSC)c(Cc3cc(C#N)cc(C#N)c3)n2)C[C@@]1(N)CC. The topological polar surface area (TPSA) is 138 Å². The Kier molecular flexibility index (Phi) is 10.0. The van der Waals surface area contributed by atoms with Crippen LogP contribution in [0.2, 0.25) is 0 Å². The summed E-state index contributed by atoms with van der Waals surface area (Å²) in [7, 11) is 0. The number of amides is 1. The van der Waals surface area contributed by atoms with Crippen LogP contribution in [0.5, 0.6) is 5.75 Å². The molecule has 0 spiro atoms. The van der Waals surface area contributed by atoms with Crippen LogP contribution in [0.25, 0.3) is 0 Å². The highest BCUT2D eigenvalue weighted by molar-refractivity contribution is 7.98. The molecule has 230 valence electrons. The highest BCUT2D eigenvalue weighted by Gasteiger charge is 2.47. The monoisotopic (exact) mass is 624 g/mol. The van der Waals surface area contributed by atoms with Crippen LogP contribution in [0.3, 0.4) is 0 Å². The molecule has 4 rings (SSSR count). The second-order valence-corrected chi connectivity index (χ2v) is 11.2. The molecule has 2 heterocycles. The molecule has 1 amide bonds. The quantitative estimate of drug-likeness (QED) is 0.278. The number of halogens is 3. The van der Waals surface area contributed by atoms with Crippen LogP contribution >= 0.6 is 11.8 Å². The Morgan fingerprint density at radius 3 is 2.48 bits per heavy atom. The summed E-state index contributed by atoms with van der Waals surface area (Å²) in [5, 5.41) is 18.9. The van der Waals surface area contributed by atoms with Crippen LogP contribution in [0, 0.1) is 22.7 Å². The maximum atomic E-state index is 13.9. The molecule has 3 aromatic rings. The number of aromatic nitrogens is 2. The van der Waals surface area contributed by atoms with Crippen molar-refractivity contribution in [1.29, 1.82) is 10.5 Å². The Morgan fingerprint density at radius 2 is 1.89 bits per heavy atom. The van der Waals surface area contributed by atoms with Gasteiger partial charge >= 0.3 is 12.3 Å². The Hall–Kier alpha value is -4.33. The van der Waals surface area contributed by atoms with Gasteiger partial charge in [-0.15, -0.1) is 0 Å². The number of anilines is 1. The van der Waals surface area contributed by atoms with E-state index < -0.39 is 29.4 Å². The summed E-state index contributed by atoms with van der Waals surface area (Å²) in [5.41, 5.74) is 6.61. The first-order valence-electron chi connectivity index (χ1n) is 13.9. The molecule has 1 aliphatic rings. The minimum Gasteiger partial charge on any atom is -0.489 e. The van der Waals surface area contributed by atoms with Crippen LogP contribution in [-0.4, -0.2) is 46.9 Å². The summed E-state index contributed by atoms with van der Waals surface area (Å²) in [4.78, 5) is 23.6. The summed E-state index contributed by atoms with van der Waals surface area (Å²) in [6.45, 7) is 3.82. The number of hydrogen-bond donors (Lipinski definition) is 1. The third kappa shape index (κ3) is 6.90. The Morgan fingerprint density at radius 1 is 1.18 bits per heavy atom. The van der Waals surface area contributed by atoms with E-state index in [9.17, 15) is 28.5 Å². The zero-order valence-corrected chi connectivity index (χ0v) is 25.3. The van der Waals surface area contributed by atoms with Crippen LogP contribution in [0.1, 0.15) is 71.9 Å². The smallest absolute Gasteiger partial charge is 0.416 e. The molecule has 2 atom stereocenters. The number of thioether (sulfide) groups is 1. The number of nitrogens with zero attached hydrogens (tertiary/aromatic N) is 5. The average molecular weight is 625 g/mol. The van der Waals surface area contributed by atoms with Gasteiger partial charge in [0.2, 0.25) is 0 Å². The molecule has 44 heavy (non-hydrogen) atoms. The maximum absolute atomic E-state index is 13.9. The molecular formula is C31H31F3N6O3S. The molecule has 0 radical (unpaired) electrons. The number of nitrogens with two attached hydrogens (primary N) is 1. The number of benzene rings is 2. The number of carbonyl (C=O) groups excluding carboxylic acids is 1. The molecule has 1 aliphatic heterocycles. The van der Waals surface area contributed by atoms with Gasteiger partial charge in [0.05, 0.1) is 59.6 Å². The largest absolute Gasteiger partial charge is 0.489 e. The molecule has 1 aromatic heterocycles. The van der Waals surface area contributed by atoms with Crippen molar-refractivity contribution in [2.24, 2.45) is 5.73 Å². The third-order valence-corrected chi connectivity index (χ3v) is 7.94. The first-order valence-corrected chi connectivity index (χ1v) is 15.3. The van der Waals surface area contributed by atoms with Crippen LogP contribution in [-0.2, 0) is 17.3 Å². The van der Waals surface area contributed by atoms with Crippen molar-refractivity contribution in [2.45, 2.75) is 50.9 Å². The molecule has 0 fully saturated rings. The van der Waals surface area contributed by atoms with Crippen molar-refractivity contribution in [3.05, 3.63) is 81.9 Å². The first-order chi connectivity index (χ1) is 21.0. The fraction of sp³-hybridized carbons (Fsp3) is 0.387. The predicted octanol–water partition coefficient (Wildman–Crippen LogP) is 6.13. The second kappa shape index (κ2) is 13.5. The first kappa shape index (κ1) is 32.6. The van der Waals surface area contributed by atoms with Gasteiger partial charge in [-0.1, -0.05) is 6.92 Å². The minimum atomic E-state index is -4.64. The lowest BCUT2D eigenvalue weighted by Crippen LogP contribution is -2.61. The number of hydrogen-bond acceptors (Lipinski definition) is 9. The number of rotatable bonds is 9. The summed E-state index contributed by atoms with van der Waals surface area (Å²) >= 11 is 1.58. The summed E-state index contributed by atoms with van der Waals surface area (Å²) in [6, 6.07) is 12.0. The molecule has 0 bridgehead atoms. The van der Waals surface area contributed by atoms with E-state index in [4.69, 9.17) is 20.2 Å². The van der Waals surface area contributed by atoms with Crippen molar-refractivity contribution < 1.29 is 27.4 Å². The molecule has 0 unspecified atom stereocenters. The Balaban J connectivity index is 1.89. The standard InChI is InChI=1S/C31H31F3N6O3S/c1-4-30(37)15-24(23-14-22(31(32,33)34)6-7-26(23)40(30)29(41)42-5-2)28-38-18-27(43-8-9-44-3)25(39-28)13-19-10-20(16-35)12-21(11-19)17-36/h6-7,10-12,14,18,24H,4-5,8-9,13,15,37H2,1-3H3/t24-,30+/m0/s1. The normalized spacial score (nSPS) is 17.8. The lowest BCUT2D eigenvalue weighted by atomic mass is 9.80. The summed E-state index contributed by atoms with van der Waals surface area (Å²) in [6.07, 6.45) is -1.54. The van der Waals surface area contributed by atoms with Crippen LogP contribution < -0.4 is 15.4 Å². The van der Waals surface area contributed by atoms with Gasteiger partial charge in [-0.3, -0.25) is 4.90 Å². The van der Waals surface area contributed by atoms with Gasteiger partial charge in [0.15, 0.2) is 5.75 Å². The number of carbonyl (C=O) groups is 1. The van der Waals surface area contributed by atoms with Crippen LogP contribution in [0.15, 0.2) is 42.6 Å². The predicted molar refractivity (Wildman–Crippen MR) is 159 cm³/mol. The molecule has 0 saturated heterocycles. The van der Waals surface area contributed by atoms with E-state index >= 15 is 0 Å². The van der Waals surface area contributed by atoms with E-state index in [-0.39, 0.29) is 42.9 Å². The molecule has 13 heteroatoms. The van der Waals surface area contributed by atoms with E-state index in [1.54, 1.807) is 37.7 Å². The lowest BCUT2D eigenvalue weighted by Gasteiger charge is -2.46. The molecule has 2 N–H and O–H groups in total. The van der Waals surface area contributed by atoms with Crippen molar-refractivity contribution in [3.8, 4) is 17.9 Å². The molecule has 2 aromatic carbocycles. The minimum absolute atomic E-state index is 0.0191. The Labute approximate surface area is 257 Å². The number of ether oxygens (including phenoxy) is 2.